The largest absolute Gasteiger partial charge is 0.463 e. The van der Waals surface area contributed by atoms with Crippen molar-refractivity contribution in [3.05, 3.63) is 0 Å². The molecule has 2 aliphatic heterocycles. The first-order valence-electron chi connectivity index (χ1n) is 25.0. The second kappa shape index (κ2) is 35.9. The Balaban J connectivity index is 1.77. The van der Waals surface area contributed by atoms with Gasteiger partial charge in [0.1, 0.15) is 49.3 Å². The van der Waals surface area contributed by atoms with Crippen LogP contribution in [0.1, 0.15) is 219 Å². The van der Waals surface area contributed by atoms with Crippen molar-refractivity contribution < 1.29 is 63.9 Å². The quantitative estimate of drug-likeness (QED) is 0.0256. The molecule has 13 nitrogen and oxygen atoms in total. The summed E-state index contributed by atoms with van der Waals surface area (Å²) >= 11 is 0. The number of esters is 2. The summed E-state index contributed by atoms with van der Waals surface area (Å²) < 4.78 is 28.1. The fourth-order valence-electron chi connectivity index (χ4n) is 8.35. The Morgan fingerprint density at radius 2 is 0.770 bits per heavy atom. The van der Waals surface area contributed by atoms with Gasteiger partial charge in [0, 0.05) is 12.8 Å². The van der Waals surface area contributed by atoms with Crippen molar-refractivity contribution in [2.24, 2.45) is 0 Å². The van der Waals surface area contributed by atoms with Gasteiger partial charge in [0.15, 0.2) is 18.7 Å². The predicted molar refractivity (Wildman–Crippen MR) is 235 cm³/mol. The summed E-state index contributed by atoms with van der Waals surface area (Å²) in [6.45, 7) is 3.38. The number of ether oxygens (including phenoxy) is 5. The van der Waals surface area contributed by atoms with Crippen LogP contribution in [-0.2, 0) is 33.3 Å². The molecular formula is C48H90O13. The molecule has 0 bridgehead atoms. The first-order valence-corrected chi connectivity index (χ1v) is 25.0. The summed E-state index contributed by atoms with van der Waals surface area (Å²) in [5.74, 6) is -1.06. The van der Waals surface area contributed by atoms with Gasteiger partial charge in [-0.2, -0.15) is 0 Å². The molecule has 0 saturated carbocycles. The number of carbonyl (C=O) groups is 2. The zero-order valence-electron chi connectivity index (χ0n) is 38.4. The molecular weight excluding hydrogens is 785 g/mol. The normalized spacial score (nSPS) is 26.7. The molecule has 2 fully saturated rings. The first kappa shape index (κ1) is 55.7. The minimum absolute atomic E-state index is 0.105. The first-order chi connectivity index (χ1) is 29.6. The lowest BCUT2D eigenvalue weighted by atomic mass is 9.97. The van der Waals surface area contributed by atoms with E-state index in [1.165, 1.54) is 141 Å². The maximum Gasteiger partial charge on any atom is 0.306 e. The Hall–Kier alpha value is -1.42. The van der Waals surface area contributed by atoms with Gasteiger partial charge in [-0.05, 0) is 12.8 Å². The molecule has 61 heavy (non-hydrogen) atoms. The minimum atomic E-state index is -1.80. The Bertz CT molecular complexity index is 1060. The highest BCUT2D eigenvalue weighted by molar-refractivity contribution is 5.70. The van der Waals surface area contributed by atoms with Gasteiger partial charge >= 0.3 is 11.9 Å². The van der Waals surface area contributed by atoms with E-state index in [1.54, 1.807) is 0 Å². The van der Waals surface area contributed by atoms with Crippen LogP contribution < -0.4 is 0 Å². The number of hydrogen-bond acceptors (Lipinski definition) is 13. The van der Waals surface area contributed by atoms with E-state index in [-0.39, 0.29) is 12.8 Å². The molecule has 2 rings (SSSR count). The molecule has 0 aromatic rings. The highest BCUT2D eigenvalue weighted by Gasteiger charge is 2.51. The van der Waals surface area contributed by atoms with Gasteiger partial charge in [-0.25, -0.2) is 0 Å². The SMILES string of the molecule is CCCCCCCCCCCCCCCCCC(=O)OCC1O[C@H](O[C@H]2OC(CO)[C@@H](O)C(O)[C@H]2O)C(O)C(O)[C@@H]1OC(=O)CCCCCCCCCCCCCCCCC. The summed E-state index contributed by atoms with van der Waals surface area (Å²) in [6, 6.07) is 0. The molecule has 2 saturated heterocycles. The standard InChI is InChI=1S/C48H90O13/c1-3-5-7-9-11-13-15-17-19-21-23-25-27-29-31-33-39(50)57-36-38-46(43(54)45(56)48(59-38)61-47-44(55)42(53)41(52)37(35-49)58-47)60-40(51)34-32-30-28-26-24-22-20-18-16-14-12-10-8-6-4-2/h37-38,41-49,52-56H,3-36H2,1-2H3/t37?,38?,41-,42?,43?,44-,45?,46-,47-,48-/m1/s1. The summed E-state index contributed by atoms with van der Waals surface area (Å²) in [5, 5.41) is 62.6. The summed E-state index contributed by atoms with van der Waals surface area (Å²) in [7, 11) is 0. The average molecular weight is 875 g/mol. The Labute approximate surface area is 369 Å². The zero-order chi connectivity index (χ0) is 44.5. The lowest BCUT2D eigenvalue weighted by Gasteiger charge is -2.45. The summed E-state index contributed by atoms with van der Waals surface area (Å²) in [5.41, 5.74) is 0. The molecule has 0 spiro atoms. The third-order valence-electron chi connectivity index (χ3n) is 12.4. The number of aliphatic hydroxyl groups is 6. The smallest absolute Gasteiger partial charge is 0.306 e. The third-order valence-corrected chi connectivity index (χ3v) is 12.4. The Kier molecular flexibility index (Phi) is 32.8. The average Bonchev–Trinajstić information content (AvgIpc) is 3.25. The molecule has 0 aromatic heterocycles. The topological polar surface area (TPSA) is 202 Å². The number of rotatable bonds is 38. The fraction of sp³-hybridized carbons (Fsp3) is 0.958. The van der Waals surface area contributed by atoms with Crippen LogP contribution in [0.15, 0.2) is 0 Å². The number of unbranched alkanes of at least 4 members (excludes halogenated alkanes) is 28. The molecule has 10 atom stereocenters. The number of hydrogen-bond donors (Lipinski definition) is 6. The highest BCUT2D eigenvalue weighted by atomic mass is 16.8. The van der Waals surface area contributed by atoms with Gasteiger partial charge in [-0.3, -0.25) is 9.59 Å². The fourth-order valence-corrected chi connectivity index (χ4v) is 8.35. The van der Waals surface area contributed by atoms with Gasteiger partial charge in [0.25, 0.3) is 0 Å². The van der Waals surface area contributed by atoms with Crippen LogP contribution in [0.3, 0.4) is 0 Å². The van der Waals surface area contributed by atoms with Gasteiger partial charge in [0.2, 0.25) is 0 Å². The molecule has 6 N–H and O–H groups in total. The Morgan fingerprint density at radius 1 is 0.426 bits per heavy atom. The Morgan fingerprint density at radius 3 is 1.16 bits per heavy atom. The van der Waals surface area contributed by atoms with Crippen molar-refractivity contribution in [2.75, 3.05) is 13.2 Å². The lowest BCUT2D eigenvalue weighted by molar-refractivity contribution is -0.376. The van der Waals surface area contributed by atoms with Gasteiger partial charge in [0.05, 0.1) is 6.61 Å². The molecule has 5 unspecified atom stereocenters. The number of carbonyl (C=O) groups excluding carboxylic acids is 2. The molecule has 360 valence electrons. The molecule has 0 aromatic carbocycles. The van der Waals surface area contributed by atoms with Crippen molar-refractivity contribution >= 4 is 11.9 Å². The van der Waals surface area contributed by atoms with E-state index in [1.807, 2.05) is 0 Å². The van der Waals surface area contributed by atoms with Gasteiger partial charge < -0.3 is 54.3 Å². The lowest BCUT2D eigenvalue weighted by Crippen LogP contribution is -2.64. The van der Waals surface area contributed by atoms with Crippen LogP contribution in [0.5, 0.6) is 0 Å². The minimum Gasteiger partial charge on any atom is -0.463 e. The van der Waals surface area contributed by atoms with E-state index >= 15 is 0 Å². The maximum atomic E-state index is 13.0. The van der Waals surface area contributed by atoms with Crippen LogP contribution in [0.4, 0.5) is 0 Å². The van der Waals surface area contributed by atoms with Crippen LogP contribution in [0.2, 0.25) is 0 Å². The third kappa shape index (κ3) is 24.4. The second-order valence-corrected chi connectivity index (χ2v) is 17.9. The van der Waals surface area contributed by atoms with E-state index in [4.69, 9.17) is 23.7 Å². The number of aliphatic hydroxyl groups excluding tert-OH is 6. The molecule has 0 aliphatic carbocycles. The highest BCUT2D eigenvalue weighted by Crippen LogP contribution is 2.30. The zero-order valence-corrected chi connectivity index (χ0v) is 38.4. The van der Waals surface area contributed by atoms with E-state index in [2.05, 4.69) is 13.8 Å². The van der Waals surface area contributed by atoms with Crippen LogP contribution in [-0.4, -0.2) is 117 Å². The van der Waals surface area contributed by atoms with Crippen molar-refractivity contribution in [2.45, 2.75) is 281 Å². The van der Waals surface area contributed by atoms with Gasteiger partial charge in [-0.15, -0.1) is 0 Å². The monoisotopic (exact) mass is 875 g/mol. The molecule has 0 radical (unpaired) electrons. The maximum absolute atomic E-state index is 13.0. The van der Waals surface area contributed by atoms with Crippen molar-refractivity contribution in [3.8, 4) is 0 Å². The van der Waals surface area contributed by atoms with E-state index in [9.17, 15) is 40.2 Å². The molecule has 0 amide bonds. The molecule has 13 heteroatoms. The van der Waals surface area contributed by atoms with Crippen LogP contribution in [0.25, 0.3) is 0 Å². The van der Waals surface area contributed by atoms with E-state index < -0.39 is 86.6 Å². The summed E-state index contributed by atoms with van der Waals surface area (Å²) in [6.07, 6.45) is 20.4. The van der Waals surface area contributed by atoms with Crippen molar-refractivity contribution in [1.29, 1.82) is 0 Å². The molecule has 2 aliphatic rings. The van der Waals surface area contributed by atoms with Gasteiger partial charge in [-0.1, -0.05) is 194 Å². The van der Waals surface area contributed by atoms with Crippen molar-refractivity contribution in [1.82, 2.24) is 0 Å². The van der Waals surface area contributed by atoms with E-state index in [0.29, 0.717) is 12.8 Å². The van der Waals surface area contributed by atoms with Crippen LogP contribution >= 0.6 is 0 Å². The molecule has 2 heterocycles. The summed E-state index contributed by atoms with van der Waals surface area (Å²) in [4.78, 5) is 25.8. The van der Waals surface area contributed by atoms with E-state index in [0.717, 1.165) is 38.5 Å². The predicted octanol–water partition coefficient (Wildman–Crippen LogP) is 8.23. The second-order valence-electron chi connectivity index (χ2n) is 17.9. The van der Waals surface area contributed by atoms with Crippen molar-refractivity contribution in [3.63, 3.8) is 0 Å². The van der Waals surface area contributed by atoms with Crippen LogP contribution in [0, 0.1) is 0 Å².